The molecule has 3 nitrogen and oxygen atoms in total. The average Bonchev–Trinajstić information content (AvgIpc) is 3.01. The number of halogens is 2. The zero-order chi connectivity index (χ0) is 15.8. The van der Waals surface area contributed by atoms with Crippen molar-refractivity contribution >= 4 is 41.3 Å². The van der Waals surface area contributed by atoms with E-state index in [1.807, 2.05) is 13.0 Å². The molecule has 0 radical (unpaired) electrons. The molecule has 0 aliphatic heterocycles. The van der Waals surface area contributed by atoms with Gasteiger partial charge in [0.15, 0.2) is 5.96 Å². The molecule has 0 saturated carbocycles. The van der Waals surface area contributed by atoms with Crippen LogP contribution in [0.2, 0.25) is 0 Å². The molecule has 1 aromatic heterocycles. The molecule has 1 aromatic carbocycles. The number of benzene rings is 1. The van der Waals surface area contributed by atoms with Crippen LogP contribution in [0.25, 0.3) is 0 Å². The average molecular weight is 447 g/mol. The van der Waals surface area contributed by atoms with E-state index in [9.17, 15) is 4.39 Å². The van der Waals surface area contributed by atoms with Gasteiger partial charge in [-0.2, -0.15) is 0 Å². The van der Waals surface area contributed by atoms with E-state index in [-0.39, 0.29) is 29.8 Å². The minimum absolute atomic E-state index is 0. The second-order valence-electron chi connectivity index (χ2n) is 5.03. The molecule has 23 heavy (non-hydrogen) atoms. The fourth-order valence-electron chi connectivity index (χ4n) is 2.01. The molecule has 0 aliphatic rings. The monoisotopic (exact) mass is 447 g/mol. The summed E-state index contributed by atoms with van der Waals surface area (Å²) < 4.78 is 13.5. The Kier molecular flexibility index (Phi) is 9.16. The highest BCUT2D eigenvalue weighted by Gasteiger charge is 2.01. The highest BCUT2D eigenvalue weighted by atomic mass is 127. The third-order valence-corrected chi connectivity index (χ3v) is 4.18. The third kappa shape index (κ3) is 6.87. The minimum Gasteiger partial charge on any atom is -0.357 e. The van der Waals surface area contributed by atoms with E-state index >= 15 is 0 Å². The Hall–Kier alpha value is -1.15. The van der Waals surface area contributed by atoms with Gasteiger partial charge in [0.05, 0.1) is 6.54 Å². The summed E-state index contributed by atoms with van der Waals surface area (Å²) in [5, 5.41) is 8.60. The summed E-state index contributed by atoms with van der Waals surface area (Å²) >= 11 is 1.76. The fraction of sp³-hybridized carbons (Fsp3) is 0.353. The molecule has 0 unspecified atom stereocenters. The molecule has 2 rings (SSSR count). The molecule has 0 amide bonds. The SMILES string of the molecule is CCNC(=NCc1ccc(C)c(F)c1)NCCc1cccs1.I. The van der Waals surface area contributed by atoms with Crippen molar-refractivity contribution in [2.24, 2.45) is 4.99 Å². The topological polar surface area (TPSA) is 36.4 Å². The molecular formula is C17H23FIN3S. The van der Waals surface area contributed by atoms with Crippen molar-refractivity contribution in [3.63, 3.8) is 0 Å². The molecule has 0 fully saturated rings. The van der Waals surface area contributed by atoms with Gasteiger partial charge in [-0.1, -0.05) is 18.2 Å². The first-order valence-electron chi connectivity index (χ1n) is 7.48. The van der Waals surface area contributed by atoms with Crippen molar-refractivity contribution in [3.05, 3.63) is 57.5 Å². The van der Waals surface area contributed by atoms with E-state index in [0.717, 1.165) is 31.0 Å². The van der Waals surface area contributed by atoms with Gasteiger partial charge >= 0.3 is 0 Å². The zero-order valence-electron chi connectivity index (χ0n) is 13.4. The van der Waals surface area contributed by atoms with Gasteiger partial charge in [-0.05, 0) is 48.9 Å². The number of aliphatic imine (C=N–C) groups is 1. The molecule has 2 aromatic rings. The second-order valence-corrected chi connectivity index (χ2v) is 6.07. The number of thiophene rings is 1. The maximum absolute atomic E-state index is 13.5. The Morgan fingerprint density at radius 2 is 2.09 bits per heavy atom. The number of hydrogen-bond donors (Lipinski definition) is 2. The third-order valence-electron chi connectivity index (χ3n) is 3.24. The molecule has 1 heterocycles. The van der Waals surface area contributed by atoms with E-state index in [1.54, 1.807) is 30.4 Å². The molecular weight excluding hydrogens is 424 g/mol. The number of guanidine groups is 1. The Labute approximate surface area is 158 Å². The van der Waals surface area contributed by atoms with Gasteiger partial charge in [-0.3, -0.25) is 0 Å². The second kappa shape index (κ2) is 10.6. The van der Waals surface area contributed by atoms with Crippen LogP contribution < -0.4 is 10.6 Å². The normalized spacial score (nSPS) is 11.0. The Bertz CT molecular complexity index is 614. The van der Waals surface area contributed by atoms with Gasteiger partial charge in [0.2, 0.25) is 0 Å². The van der Waals surface area contributed by atoms with Crippen molar-refractivity contribution in [2.75, 3.05) is 13.1 Å². The lowest BCUT2D eigenvalue weighted by Crippen LogP contribution is -2.38. The largest absolute Gasteiger partial charge is 0.357 e. The van der Waals surface area contributed by atoms with Crippen molar-refractivity contribution in [3.8, 4) is 0 Å². The summed E-state index contributed by atoms with van der Waals surface area (Å²) in [5.41, 5.74) is 1.53. The van der Waals surface area contributed by atoms with Crippen LogP contribution in [0.1, 0.15) is 22.9 Å². The molecule has 0 saturated heterocycles. The van der Waals surface area contributed by atoms with Gasteiger partial charge in [-0.15, -0.1) is 35.3 Å². The van der Waals surface area contributed by atoms with Crippen LogP contribution in [0.5, 0.6) is 0 Å². The zero-order valence-corrected chi connectivity index (χ0v) is 16.6. The fourth-order valence-corrected chi connectivity index (χ4v) is 2.71. The summed E-state index contributed by atoms with van der Waals surface area (Å²) in [6.07, 6.45) is 0.973. The van der Waals surface area contributed by atoms with Crippen LogP contribution in [0, 0.1) is 12.7 Å². The Morgan fingerprint density at radius 3 is 2.74 bits per heavy atom. The highest BCUT2D eigenvalue weighted by Crippen LogP contribution is 2.10. The predicted octanol–water partition coefficient (Wildman–Crippen LogP) is 4.11. The number of nitrogens with zero attached hydrogens (tertiary/aromatic N) is 1. The van der Waals surface area contributed by atoms with Crippen LogP contribution in [0.15, 0.2) is 40.7 Å². The smallest absolute Gasteiger partial charge is 0.191 e. The van der Waals surface area contributed by atoms with E-state index in [2.05, 4.69) is 33.1 Å². The van der Waals surface area contributed by atoms with Crippen molar-refractivity contribution < 1.29 is 4.39 Å². The summed E-state index contributed by atoms with van der Waals surface area (Å²) in [6.45, 7) is 5.88. The van der Waals surface area contributed by atoms with Gasteiger partial charge in [-0.25, -0.2) is 9.38 Å². The summed E-state index contributed by atoms with van der Waals surface area (Å²) in [7, 11) is 0. The standard InChI is InChI=1S/C17H22FN3S.HI/c1-3-19-17(20-9-8-15-5-4-10-22-15)21-12-14-7-6-13(2)16(18)11-14;/h4-7,10-11H,3,8-9,12H2,1-2H3,(H2,19,20,21);1H. The number of rotatable bonds is 6. The first-order chi connectivity index (χ1) is 10.7. The summed E-state index contributed by atoms with van der Waals surface area (Å²) in [6, 6.07) is 9.44. The van der Waals surface area contributed by atoms with Crippen LogP contribution in [0.3, 0.4) is 0 Å². The predicted molar refractivity (Wildman–Crippen MR) is 107 cm³/mol. The van der Waals surface area contributed by atoms with E-state index in [0.29, 0.717) is 12.1 Å². The summed E-state index contributed by atoms with van der Waals surface area (Å²) in [5.74, 6) is 0.586. The summed E-state index contributed by atoms with van der Waals surface area (Å²) in [4.78, 5) is 5.86. The number of hydrogen-bond acceptors (Lipinski definition) is 2. The molecule has 2 N–H and O–H groups in total. The van der Waals surface area contributed by atoms with Gasteiger partial charge in [0, 0.05) is 18.0 Å². The van der Waals surface area contributed by atoms with Crippen LogP contribution >= 0.6 is 35.3 Å². The molecule has 0 spiro atoms. The minimum atomic E-state index is -0.177. The quantitative estimate of drug-likeness (QED) is 0.397. The van der Waals surface area contributed by atoms with E-state index in [4.69, 9.17) is 0 Å². The van der Waals surface area contributed by atoms with Gasteiger partial charge in [0.25, 0.3) is 0 Å². The lowest BCUT2D eigenvalue weighted by atomic mass is 10.1. The molecule has 0 aliphatic carbocycles. The highest BCUT2D eigenvalue weighted by molar-refractivity contribution is 14.0. The van der Waals surface area contributed by atoms with Crippen molar-refractivity contribution in [1.82, 2.24) is 10.6 Å². The molecule has 126 valence electrons. The first kappa shape index (κ1) is 19.9. The van der Waals surface area contributed by atoms with E-state index in [1.165, 1.54) is 4.88 Å². The van der Waals surface area contributed by atoms with Gasteiger partial charge < -0.3 is 10.6 Å². The number of nitrogens with one attached hydrogen (secondary N) is 2. The number of aryl methyl sites for hydroxylation is 1. The van der Waals surface area contributed by atoms with Crippen LogP contribution in [-0.4, -0.2) is 19.0 Å². The molecule has 0 atom stereocenters. The van der Waals surface area contributed by atoms with Crippen molar-refractivity contribution in [2.45, 2.75) is 26.8 Å². The maximum Gasteiger partial charge on any atom is 0.191 e. The lowest BCUT2D eigenvalue weighted by molar-refractivity contribution is 0.616. The van der Waals surface area contributed by atoms with Gasteiger partial charge in [0.1, 0.15) is 5.82 Å². The maximum atomic E-state index is 13.5. The molecule has 6 heteroatoms. The van der Waals surface area contributed by atoms with Crippen LogP contribution in [0.4, 0.5) is 4.39 Å². The Morgan fingerprint density at radius 1 is 1.26 bits per heavy atom. The van der Waals surface area contributed by atoms with E-state index < -0.39 is 0 Å². The molecule has 0 bridgehead atoms. The van der Waals surface area contributed by atoms with Crippen molar-refractivity contribution in [1.29, 1.82) is 0 Å². The van der Waals surface area contributed by atoms with Crippen LogP contribution in [-0.2, 0) is 13.0 Å². The Balaban J connectivity index is 0.00000264. The first-order valence-corrected chi connectivity index (χ1v) is 8.36. The lowest BCUT2D eigenvalue weighted by Gasteiger charge is -2.11.